The van der Waals surface area contributed by atoms with Crippen molar-refractivity contribution in [3.63, 3.8) is 0 Å². The Morgan fingerprint density at radius 3 is 2.46 bits per heavy atom. The molecule has 0 fully saturated rings. The third kappa shape index (κ3) is 6.67. The van der Waals surface area contributed by atoms with E-state index in [-0.39, 0.29) is 6.61 Å². The summed E-state index contributed by atoms with van der Waals surface area (Å²) in [5.41, 5.74) is 2.03. The summed E-state index contributed by atoms with van der Waals surface area (Å²) in [6.45, 7) is 2.71. The zero-order valence-electron chi connectivity index (χ0n) is 13.3. The van der Waals surface area contributed by atoms with Crippen LogP contribution in [-0.4, -0.2) is 31.5 Å². The Bertz CT molecular complexity index is 620. The molecule has 4 nitrogen and oxygen atoms in total. The van der Waals surface area contributed by atoms with Gasteiger partial charge in [-0.2, -0.15) is 0 Å². The van der Waals surface area contributed by atoms with E-state index in [1.165, 1.54) is 0 Å². The van der Waals surface area contributed by atoms with Crippen molar-refractivity contribution >= 4 is 23.2 Å². The molecule has 24 heavy (non-hydrogen) atoms. The van der Waals surface area contributed by atoms with Crippen LogP contribution in [0.15, 0.2) is 42.5 Å². The molecular formula is C18H21Cl2NO3. The Morgan fingerprint density at radius 1 is 0.958 bits per heavy atom. The van der Waals surface area contributed by atoms with Gasteiger partial charge in [-0.25, -0.2) is 0 Å². The highest BCUT2D eigenvalue weighted by atomic mass is 35.5. The maximum Gasteiger partial charge on any atom is 0.124 e. The van der Waals surface area contributed by atoms with Crippen LogP contribution in [0, 0.1) is 0 Å². The molecule has 0 saturated carbocycles. The fourth-order valence-corrected chi connectivity index (χ4v) is 2.42. The average molecular weight is 370 g/mol. The molecule has 6 heteroatoms. The number of aliphatic hydroxyl groups excluding tert-OH is 1. The quantitative estimate of drug-likeness (QED) is 0.627. The molecule has 0 unspecified atom stereocenters. The molecule has 0 heterocycles. The van der Waals surface area contributed by atoms with E-state index < -0.39 is 0 Å². The van der Waals surface area contributed by atoms with Gasteiger partial charge in [0.15, 0.2) is 0 Å². The minimum Gasteiger partial charge on any atom is -0.489 e. The highest BCUT2D eigenvalue weighted by Gasteiger charge is 2.05. The average Bonchev–Trinajstić information content (AvgIpc) is 2.58. The number of aliphatic hydroxyl groups is 1. The molecule has 0 atom stereocenters. The van der Waals surface area contributed by atoms with Crippen molar-refractivity contribution in [3.8, 4) is 5.75 Å². The molecule has 2 aromatic carbocycles. The predicted octanol–water partition coefficient (Wildman–Crippen LogP) is 3.67. The van der Waals surface area contributed by atoms with Gasteiger partial charge in [-0.15, -0.1) is 0 Å². The molecule has 0 amide bonds. The summed E-state index contributed by atoms with van der Waals surface area (Å²) in [6, 6.07) is 13.1. The van der Waals surface area contributed by atoms with Gasteiger partial charge in [0.25, 0.3) is 0 Å². The predicted molar refractivity (Wildman–Crippen MR) is 96.8 cm³/mol. The molecule has 0 aliphatic heterocycles. The minimum atomic E-state index is 0.0387. The number of hydrogen-bond acceptors (Lipinski definition) is 4. The zero-order valence-corrected chi connectivity index (χ0v) is 14.8. The molecule has 0 aromatic heterocycles. The van der Waals surface area contributed by atoms with Crippen LogP contribution >= 0.6 is 23.2 Å². The molecule has 0 bridgehead atoms. The first-order chi connectivity index (χ1) is 11.7. The number of hydrogen-bond donors (Lipinski definition) is 2. The molecule has 0 spiro atoms. The van der Waals surface area contributed by atoms with E-state index in [2.05, 4.69) is 5.32 Å². The molecule has 0 saturated heterocycles. The van der Waals surface area contributed by atoms with Gasteiger partial charge in [0, 0.05) is 28.7 Å². The Morgan fingerprint density at radius 2 is 1.71 bits per heavy atom. The van der Waals surface area contributed by atoms with E-state index in [1.54, 1.807) is 0 Å². The summed E-state index contributed by atoms with van der Waals surface area (Å²) in [4.78, 5) is 0. The van der Waals surface area contributed by atoms with Crippen molar-refractivity contribution in [2.75, 3.05) is 26.4 Å². The van der Waals surface area contributed by atoms with E-state index >= 15 is 0 Å². The molecule has 0 radical (unpaired) electrons. The monoisotopic (exact) mass is 369 g/mol. The SMILES string of the molecule is OCCOCCNCc1cc(Cl)ccc1OCc1ccc(Cl)cc1. The highest BCUT2D eigenvalue weighted by molar-refractivity contribution is 6.30. The van der Waals surface area contributed by atoms with Crippen molar-refractivity contribution in [2.24, 2.45) is 0 Å². The molecular weight excluding hydrogens is 349 g/mol. The second-order valence-corrected chi connectivity index (χ2v) is 6.05. The fourth-order valence-electron chi connectivity index (χ4n) is 2.10. The van der Waals surface area contributed by atoms with Crippen LogP contribution in [0.5, 0.6) is 5.75 Å². The first-order valence-electron chi connectivity index (χ1n) is 7.74. The number of benzene rings is 2. The lowest BCUT2D eigenvalue weighted by molar-refractivity contribution is 0.0937. The molecule has 130 valence electrons. The second kappa shape index (κ2) is 10.5. The Balaban J connectivity index is 1.88. The maximum absolute atomic E-state index is 8.65. The standard InChI is InChI=1S/C18H21Cl2NO3/c19-16-3-1-14(2-4-16)13-24-18-6-5-17(20)11-15(18)12-21-7-9-23-10-8-22/h1-6,11,21-22H,7-10,12-13H2. The largest absolute Gasteiger partial charge is 0.489 e. The van der Waals surface area contributed by atoms with Crippen molar-refractivity contribution in [2.45, 2.75) is 13.2 Å². The van der Waals surface area contributed by atoms with Crippen molar-refractivity contribution < 1.29 is 14.6 Å². The van der Waals surface area contributed by atoms with Crippen LogP contribution in [0.25, 0.3) is 0 Å². The van der Waals surface area contributed by atoms with Crippen LogP contribution in [0.1, 0.15) is 11.1 Å². The first-order valence-corrected chi connectivity index (χ1v) is 8.49. The minimum absolute atomic E-state index is 0.0387. The van der Waals surface area contributed by atoms with Crippen LogP contribution in [-0.2, 0) is 17.9 Å². The topological polar surface area (TPSA) is 50.7 Å². The third-order valence-electron chi connectivity index (χ3n) is 3.30. The Hall–Kier alpha value is -1.30. The molecule has 2 aromatic rings. The lowest BCUT2D eigenvalue weighted by Gasteiger charge is -2.13. The fraction of sp³-hybridized carbons (Fsp3) is 0.333. The van der Waals surface area contributed by atoms with E-state index in [0.29, 0.717) is 43.0 Å². The van der Waals surface area contributed by atoms with Crippen molar-refractivity contribution in [1.82, 2.24) is 5.32 Å². The van der Waals surface area contributed by atoms with Gasteiger partial charge in [-0.1, -0.05) is 35.3 Å². The van der Waals surface area contributed by atoms with Gasteiger partial charge >= 0.3 is 0 Å². The Kier molecular flexibility index (Phi) is 8.36. The van der Waals surface area contributed by atoms with Crippen LogP contribution in [0.4, 0.5) is 0 Å². The van der Waals surface area contributed by atoms with E-state index in [9.17, 15) is 0 Å². The Labute approximate surface area is 152 Å². The molecule has 0 aliphatic carbocycles. The summed E-state index contributed by atoms with van der Waals surface area (Å²) in [6.07, 6.45) is 0. The second-order valence-electron chi connectivity index (χ2n) is 5.18. The van der Waals surface area contributed by atoms with Crippen molar-refractivity contribution in [1.29, 1.82) is 0 Å². The molecule has 2 rings (SSSR count). The van der Waals surface area contributed by atoms with Crippen LogP contribution < -0.4 is 10.1 Å². The zero-order chi connectivity index (χ0) is 17.2. The number of nitrogens with one attached hydrogen (secondary N) is 1. The molecule has 0 aliphatic rings. The molecule has 2 N–H and O–H groups in total. The van der Waals surface area contributed by atoms with Gasteiger partial charge in [0.2, 0.25) is 0 Å². The summed E-state index contributed by atoms with van der Waals surface area (Å²) in [5, 5.41) is 13.3. The van der Waals surface area contributed by atoms with Gasteiger partial charge in [0.05, 0.1) is 19.8 Å². The summed E-state index contributed by atoms with van der Waals surface area (Å²) in [5.74, 6) is 0.790. The summed E-state index contributed by atoms with van der Waals surface area (Å²) in [7, 11) is 0. The van der Waals surface area contributed by atoms with Crippen LogP contribution in [0.2, 0.25) is 10.0 Å². The number of halogens is 2. The van der Waals surface area contributed by atoms with Crippen LogP contribution in [0.3, 0.4) is 0 Å². The summed E-state index contributed by atoms with van der Waals surface area (Å²) < 4.78 is 11.1. The van der Waals surface area contributed by atoms with Gasteiger partial charge in [-0.05, 0) is 35.9 Å². The first kappa shape index (κ1) is 19.0. The number of ether oxygens (including phenoxy) is 2. The smallest absolute Gasteiger partial charge is 0.124 e. The van der Waals surface area contributed by atoms with E-state index in [1.807, 2.05) is 42.5 Å². The number of rotatable bonds is 10. The summed E-state index contributed by atoms with van der Waals surface area (Å²) >= 11 is 12.0. The maximum atomic E-state index is 8.65. The lowest BCUT2D eigenvalue weighted by Crippen LogP contribution is -2.20. The van der Waals surface area contributed by atoms with Gasteiger partial charge in [0.1, 0.15) is 12.4 Å². The third-order valence-corrected chi connectivity index (χ3v) is 3.79. The van der Waals surface area contributed by atoms with Crippen molar-refractivity contribution in [3.05, 3.63) is 63.6 Å². The normalized spacial score (nSPS) is 10.8. The van der Waals surface area contributed by atoms with Gasteiger partial charge < -0.3 is 19.9 Å². The highest BCUT2D eigenvalue weighted by Crippen LogP contribution is 2.24. The van der Waals surface area contributed by atoms with E-state index in [4.69, 9.17) is 37.8 Å². The van der Waals surface area contributed by atoms with Gasteiger partial charge in [-0.3, -0.25) is 0 Å². The lowest BCUT2D eigenvalue weighted by atomic mass is 10.2. The van der Waals surface area contributed by atoms with E-state index in [0.717, 1.165) is 16.9 Å².